The Morgan fingerprint density at radius 1 is 1.00 bits per heavy atom. The summed E-state index contributed by atoms with van der Waals surface area (Å²) in [6.45, 7) is 0.342. The van der Waals surface area contributed by atoms with Gasteiger partial charge in [-0.05, 0) is 24.1 Å². The molecular weight excluding hydrogens is 276 g/mol. The zero-order chi connectivity index (χ0) is 15.2. The Balaban J connectivity index is 1.58. The summed E-state index contributed by atoms with van der Waals surface area (Å²) < 4.78 is 5.63. The molecule has 0 aliphatic heterocycles. The van der Waals surface area contributed by atoms with Crippen LogP contribution in [0.4, 0.5) is 0 Å². The smallest absolute Gasteiger partial charge is 0.167 e. The van der Waals surface area contributed by atoms with Crippen molar-refractivity contribution in [1.82, 2.24) is 15.2 Å². The molecule has 22 heavy (non-hydrogen) atoms. The average Bonchev–Trinajstić information content (AvgIpc) is 3.04. The van der Waals surface area contributed by atoms with Crippen LogP contribution >= 0.6 is 0 Å². The minimum atomic E-state index is -0.232. The molecule has 3 N–H and O–H groups in total. The number of nitrogens with two attached hydrogens (primary N) is 1. The number of benzene rings is 2. The first-order valence-electron chi connectivity index (χ1n) is 7.20. The van der Waals surface area contributed by atoms with Crippen molar-refractivity contribution in [2.24, 2.45) is 5.73 Å². The summed E-state index contributed by atoms with van der Waals surface area (Å²) in [4.78, 5) is 4.40. The van der Waals surface area contributed by atoms with Crippen LogP contribution in [0.15, 0.2) is 60.7 Å². The summed E-state index contributed by atoms with van der Waals surface area (Å²) in [5.41, 5.74) is 7.33. The Morgan fingerprint density at radius 3 is 2.41 bits per heavy atom. The minimum Gasteiger partial charge on any atom is -0.486 e. The number of aromatic nitrogens is 3. The highest BCUT2D eigenvalue weighted by Crippen LogP contribution is 2.14. The van der Waals surface area contributed by atoms with E-state index >= 15 is 0 Å². The van der Waals surface area contributed by atoms with E-state index in [4.69, 9.17) is 10.5 Å². The summed E-state index contributed by atoms with van der Waals surface area (Å²) in [6.07, 6.45) is 0.706. The molecule has 0 aliphatic rings. The second-order valence-corrected chi connectivity index (χ2v) is 5.04. The Bertz CT molecular complexity index is 697. The van der Waals surface area contributed by atoms with E-state index in [1.165, 1.54) is 5.56 Å². The number of para-hydroxylation sites is 1. The van der Waals surface area contributed by atoms with Crippen molar-refractivity contribution in [3.05, 3.63) is 77.9 Å². The highest BCUT2D eigenvalue weighted by molar-refractivity contribution is 5.21. The normalized spacial score (nSPS) is 12.0. The third-order valence-electron chi connectivity index (χ3n) is 3.30. The van der Waals surface area contributed by atoms with E-state index in [-0.39, 0.29) is 6.04 Å². The molecule has 1 unspecified atom stereocenters. The lowest BCUT2D eigenvalue weighted by Crippen LogP contribution is -2.15. The predicted octanol–water partition coefficient (Wildman–Crippen LogP) is 2.63. The zero-order valence-corrected chi connectivity index (χ0v) is 12.1. The van der Waals surface area contributed by atoms with Crippen LogP contribution in [-0.2, 0) is 13.0 Å². The van der Waals surface area contributed by atoms with Gasteiger partial charge in [0.25, 0.3) is 0 Å². The highest BCUT2D eigenvalue weighted by atomic mass is 16.5. The molecule has 1 aromatic heterocycles. The predicted molar refractivity (Wildman–Crippen MR) is 84.2 cm³/mol. The van der Waals surface area contributed by atoms with Gasteiger partial charge in [-0.2, -0.15) is 5.10 Å². The third kappa shape index (κ3) is 3.71. The first-order valence-corrected chi connectivity index (χ1v) is 7.20. The lowest BCUT2D eigenvalue weighted by atomic mass is 10.1. The molecule has 3 rings (SSSR count). The average molecular weight is 294 g/mol. The first kappa shape index (κ1) is 14.3. The van der Waals surface area contributed by atoms with Gasteiger partial charge in [-0.25, -0.2) is 4.98 Å². The number of nitrogens with zero attached hydrogens (tertiary/aromatic N) is 2. The Kier molecular flexibility index (Phi) is 4.46. The summed E-state index contributed by atoms with van der Waals surface area (Å²) in [5.74, 6) is 2.08. The molecule has 3 aromatic rings. The van der Waals surface area contributed by atoms with Crippen LogP contribution in [0.1, 0.15) is 23.3 Å². The monoisotopic (exact) mass is 294 g/mol. The van der Waals surface area contributed by atoms with Gasteiger partial charge in [-0.1, -0.05) is 48.5 Å². The molecule has 0 saturated carbocycles. The van der Waals surface area contributed by atoms with Gasteiger partial charge in [0.15, 0.2) is 11.6 Å². The van der Waals surface area contributed by atoms with E-state index in [2.05, 4.69) is 15.2 Å². The molecule has 2 aromatic carbocycles. The number of hydrogen-bond donors (Lipinski definition) is 2. The quantitative estimate of drug-likeness (QED) is 0.732. The molecule has 0 saturated heterocycles. The van der Waals surface area contributed by atoms with Gasteiger partial charge in [-0.15, -0.1) is 0 Å². The molecule has 112 valence electrons. The van der Waals surface area contributed by atoms with E-state index in [0.29, 0.717) is 24.7 Å². The fourth-order valence-electron chi connectivity index (χ4n) is 2.17. The van der Waals surface area contributed by atoms with Crippen molar-refractivity contribution >= 4 is 0 Å². The highest BCUT2D eigenvalue weighted by Gasteiger charge is 2.13. The number of nitrogens with one attached hydrogen (secondary N) is 1. The summed E-state index contributed by atoms with van der Waals surface area (Å²) >= 11 is 0. The molecule has 0 bridgehead atoms. The lowest BCUT2D eigenvalue weighted by molar-refractivity contribution is 0.296. The molecule has 5 heteroatoms. The number of H-pyrrole nitrogens is 1. The van der Waals surface area contributed by atoms with Gasteiger partial charge >= 0.3 is 0 Å². The molecule has 0 spiro atoms. The Hall–Kier alpha value is -2.66. The van der Waals surface area contributed by atoms with Crippen molar-refractivity contribution in [3.63, 3.8) is 0 Å². The van der Waals surface area contributed by atoms with Crippen LogP contribution in [0.5, 0.6) is 5.75 Å². The van der Waals surface area contributed by atoms with Crippen LogP contribution in [0, 0.1) is 0 Å². The second kappa shape index (κ2) is 6.87. The fourth-order valence-corrected chi connectivity index (χ4v) is 2.17. The van der Waals surface area contributed by atoms with Gasteiger partial charge in [0, 0.05) is 0 Å². The summed E-state index contributed by atoms with van der Waals surface area (Å²) in [5, 5.41) is 7.06. The molecular formula is C17H18N4O. The Morgan fingerprint density at radius 2 is 1.68 bits per heavy atom. The maximum absolute atomic E-state index is 6.16. The van der Waals surface area contributed by atoms with Crippen molar-refractivity contribution < 1.29 is 4.74 Å². The van der Waals surface area contributed by atoms with E-state index in [1.807, 2.05) is 60.7 Å². The van der Waals surface area contributed by atoms with Gasteiger partial charge in [0.1, 0.15) is 12.4 Å². The molecule has 1 heterocycles. The maximum Gasteiger partial charge on any atom is 0.167 e. The number of hydrogen-bond acceptors (Lipinski definition) is 4. The van der Waals surface area contributed by atoms with E-state index in [9.17, 15) is 0 Å². The van der Waals surface area contributed by atoms with Gasteiger partial charge in [0.05, 0.1) is 6.04 Å². The minimum absolute atomic E-state index is 0.232. The number of aromatic amines is 1. The van der Waals surface area contributed by atoms with Crippen LogP contribution < -0.4 is 10.5 Å². The molecule has 5 nitrogen and oxygen atoms in total. The molecule has 0 amide bonds. The lowest BCUT2D eigenvalue weighted by Gasteiger charge is -2.07. The van der Waals surface area contributed by atoms with E-state index in [1.54, 1.807) is 0 Å². The van der Waals surface area contributed by atoms with Crippen LogP contribution in [0.25, 0.3) is 0 Å². The SMILES string of the molecule is NC(Cc1ccccc1)c1n[nH]c(COc2ccccc2)n1. The topological polar surface area (TPSA) is 76.8 Å². The largest absolute Gasteiger partial charge is 0.486 e. The van der Waals surface area contributed by atoms with Crippen LogP contribution in [0.2, 0.25) is 0 Å². The van der Waals surface area contributed by atoms with Crippen LogP contribution in [0.3, 0.4) is 0 Å². The summed E-state index contributed by atoms with van der Waals surface area (Å²) in [6, 6.07) is 19.5. The Labute approximate surface area is 129 Å². The third-order valence-corrected chi connectivity index (χ3v) is 3.30. The second-order valence-electron chi connectivity index (χ2n) is 5.04. The first-order chi connectivity index (χ1) is 10.8. The molecule has 0 radical (unpaired) electrons. The number of rotatable bonds is 6. The van der Waals surface area contributed by atoms with Crippen LogP contribution in [-0.4, -0.2) is 15.2 Å². The zero-order valence-electron chi connectivity index (χ0n) is 12.1. The van der Waals surface area contributed by atoms with Crippen molar-refractivity contribution in [2.75, 3.05) is 0 Å². The molecule has 0 fully saturated rings. The van der Waals surface area contributed by atoms with Gasteiger partial charge in [-0.3, -0.25) is 5.10 Å². The van der Waals surface area contributed by atoms with E-state index in [0.717, 1.165) is 5.75 Å². The standard InChI is InChI=1S/C17H18N4O/c18-15(11-13-7-3-1-4-8-13)17-19-16(20-21-17)12-22-14-9-5-2-6-10-14/h1-10,15H,11-12,18H2,(H,19,20,21). The van der Waals surface area contributed by atoms with E-state index < -0.39 is 0 Å². The molecule has 1 atom stereocenters. The van der Waals surface area contributed by atoms with Crippen molar-refractivity contribution in [3.8, 4) is 5.75 Å². The van der Waals surface area contributed by atoms with Crippen molar-refractivity contribution in [1.29, 1.82) is 0 Å². The fraction of sp³-hybridized carbons (Fsp3) is 0.176. The summed E-state index contributed by atoms with van der Waals surface area (Å²) in [7, 11) is 0. The van der Waals surface area contributed by atoms with Crippen molar-refractivity contribution in [2.45, 2.75) is 19.1 Å². The van der Waals surface area contributed by atoms with Gasteiger partial charge in [0.2, 0.25) is 0 Å². The molecule has 0 aliphatic carbocycles. The maximum atomic E-state index is 6.16. The number of ether oxygens (including phenoxy) is 1. The van der Waals surface area contributed by atoms with Gasteiger partial charge < -0.3 is 10.5 Å².